The van der Waals surface area contributed by atoms with Gasteiger partial charge in [0.2, 0.25) is 15.9 Å². The Hall–Kier alpha value is -3.04. The molecule has 0 atom stereocenters. The largest absolute Gasteiger partial charge is 0.412 e. The number of nitrogens with zero attached hydrogens (tertiary/aromatic N) is 3. The summed E-state index contributed by atoms with van der Waals surface area (Å²) in [7, 11) is -3.48. The van der Waals surface area contributed by atoms with Gasteiger partial charge >= 0.3 is 11.8 Å². The predicted molar refractivity (Wildman–Crippen MR) is 105 cm³/mol. The minimum Gasteiger partial charge on any atom is -0.412 e. The lowest BCUT2D eigenvalue weighted by Crippen LogP contribution is -2.27. The fourth-order valence-electron chi connectivity index (χ4n) is 3.13. The molecule has 2 aromatic carbocycles. The zero-order chi connectivity index (χ0) is 20.3. The van der Waals surface area contributed by atoms with E-state index in [2.05, 4.69) is 15.5 Å². The van der Waals surface area contributed by atoms with E-state index < -0.39 is 15.9 Å². The minimum atomic E-state index is -3.48. The number of nitrogens with one attached hydrogen (secondary N) is 1. The Balaban J connectivity index is 1.44. The van der Waals surface area contributed by atoms with Crippen LogP contribution in [0.2, 0.25) is 0 Å². The third-order valence-corrected chi connectivity index (χ3v) is 6.63. The van der Waals surface area contributed by atoms with Crippen LogP contribution in [0.4, 0.5) is 0 Å². The molecule has 0 aliphatic carbocycles. The van der Waals surface area contributed by atoms with Gasteiger partial charge in [0, 0.05) is 25.2 Å². The molecule has 0 unspecified atom stereocenters. The van der Waals surface area contributed by atoms with Crippen molar-refractivity contribution < 1.29 is 17.6 Å². The van der Waals surface area contributed by atoms with Crippen molar-refractivity contribution in [1.82, 2.24) is 19.8 Å². The standard InChI is InChI=1S/C20H20N4O4S/c25-18(21-14-15-6-2-1-3-7-15)20-23-22-19(28-20)16-8-10-17(11-9-16)29(26,27)24-12-4-5-13-24/h1-3,6-11H,4-5,12-14H2,(H,21,25). The van der Waals surface area contributed by atoms with Gasteiger partial charge in [-0.3, -0.25) is 4.79 Å². The third-order valence-electron chi connectivity index (χ3n) is 4.72. The van der Waals surface area contributed by atoms with Gasteiger partial charge in [0.05, 0.1) is 4.90 Å². The molecule has 0 saturated carbocycles. The maximum Gasteiger partial charge on any atom is 0.309 e. The Bertz CT molecular complexity index is 1090. The van der Waals surface area contributed by atoms with Crippen molar-refractivity contribution in [2.24, 2.45) is 0 Å². The number of aromatic nitrogens is 2. The highest BCUT2D eigenvalue weighted by molar-refractivity contribution is 7.89. The van der Waals surface area contributed by atoms with Crippen molar-refractivity contribution in [1.29, 1.82) is 0 Å². The van der Waals surface area contributed by atoms with Gasteiger partial charge in [-0.1, -0.05) is 30.3 Å². The highest BCUT2D eigenvalue weighted by atomic mass is 32.2. The average molecular weight is 412 g/mol. The van der Waals surface area contributed by atoms with E-state index in [1.165, 1.54) is 16.4 Å². The van der Waals surface area contributed by atoms with Crippen molar-refractivity contribution >= 4 is 15.9 Å². The molecule has 1 aliphatic heterocycles. The van der Waals surface area contributed by atoms with Crippen molar-refractivity contribution in [3.63, 3.8) is 0 Å². The molecule has 1 saturated heterocycles. The van der Waals surface area contributed by atoms with E-state index in [0.29, 0.717) is 25.2 Å². The first-order valence-electron chi connectivity index (χ1n) is 9.30. The summed E-state index contributed by atoms with van der Waals surface area (Å²) >= 11 is 0. The second-order valence-corrected chi connectivity index (χ2v) is 8.65. The number of hydrogen-bond acceptors (Lipinski definition) is 6. The number of carbonyl (C=O) groups excluding carboxylic acids is 1. The molecule has 1 fully saturated rings. The molecular weight excluding hydrogens is 392 g/mol. The molecule has 1 aliphatic rings. The highest BCUT2D eigenvalue weighted by Crippen LogP contribution is 2.24. The van der Waals surface area contributed by atoms with Crippen LogP contribution in [0.15, 0.2) is 63.9 Å². The first kappa shape index (κ1) is 19.3. The van der Waals surface area contributed by atoms with Crippen LogP contribution in [0.1, 0.15) is 29.1 Å². The van der Waals surface area contributed by atoms with Crippen LogP contribution in [0.25, 0.3) is 11.5 Å². The lowest BCUT2D eigenvalue weighted by atomic mass is 10.2. The number of hydrogen-bond donors (Lipinski definition) is 1. The molecular formula is C20H20N4O4S. The van der Waals surface area contributed by atoms with E-state index in [0.717, 1.165) is 18.4 Å². The molecule has 1 amide bonds. The summed E-state index contributed by atoms with van der Waals surface area (Å²) in [5, 5.41) is 10.4. The van der Waals surface area contributed by atoms with E-state index >= 15 is 0 Å². The maximum atomic E-state index is 12.6. The van der Waals surface area contributed by atoms with Gasteiger partial charge in [-0.05, 0) is 42.7 Å². The van der Waals surface area contributed by atoms with Crippen LogP contribution in [-0.2, 0) is 16.6 Å². The summed E-state index contributed by atoms with van der Waals surface area (Å²) in [5.41, 5.74) is 1.50. The molecule has 8 nitrogen and oxygen atoms in total. The van der Waals surface area contributed by atoms with Crippen LogP contribution in [0, 0.1) is 0 Å². The molecule has 29 heavy (non-hydrogen) atoms. The predicted octanol–water partition coefficient (Wildman–Crippen LogP) is 2.45. The molecule has 1 aromatic heterocycles. The van der Waals surface area contributed by atoms with Gasteiger partial charge < -0.3 is 9.73 Å². The van der Waals surface area contributed by atoms with Crippen LogP contribution in [0.3, 0.4) is 0 Å². The number of amides is 1. The zero-order valence-corrected chi connectivity index (χ0v) is 16.4. The Kier molecular flexibility index (Phi) is 5.41. The number of benzene rings is 2. The molecule has 0 bridgehead atoms. The lowest BCUT2D eigenvalue weighted by Gasteiger charge is -2.15. The zero-order valence-electron chi connectivity index (χ0n) is 15.6. The van der Waals surface area contributed by atoms with E-state index in [4.69, 9.17) is 4.42 Å². The van der Waals surface area contributed by atoms with Crippen molar-refractivity contribution in [2.45, 2.75) is 24.3 Å². The number of carbonyl (C=O) groups is 1. The Morgan fingerprint density at radius 2 is 1.69 bits per heavy atom. The molecule has 150 valence electrons. The SMILES string of the molecule is O=C(NCc1ccccc1)c1nnc(-c2ccc(S(=O)(=O)N3CCCC3)cc2)o1. The summed E-state index contributed by atoms with van der Waals surface area (Å²) in [6.07, 6.45) is 1.77. The Morgan fingerprint density at radius 1 is 1.00 bits per heavy atom. The van der Waals surface area contributed by atoms with Crippen LogP contribution in [0.5, 0.6) is 0 Å². The Labute approximate surface area is 168 Å². The van der Waals surface area contributed by atoms with Gasteiger partial charge in [0.1, 0.15) is 0 Å². The first-order valence-corrected chi connectivity index (χ1v) is 10.7. The Morgan fingerprint density at radius 3 is 2.38 bits per heavy atom. The van der Waals surface area contributed by atoms with E-state index in [9.17, 15) is 13.2 Å². The second kappa shape index (κ2) is 8.14. The monoisotopic (exact) mass is 412 g/mol. The van der Waals surface area contributed by atoms with Crippen LogP contribution in [-0.4, -0.2) is 41.9 Å². The summed E-state index contributed by atoms with van der Waals surface area (Å²) < 4.78 is 32.1. The second-order valence-electron chi connectivity index (χ2n) is 6.72. The van der Waals surface area contributed by atoms with E-state index in [1.54, 1.807) is 12.1 Å². The summed E-state index contributed by atoms with van der Waals surface area (Å²) in [6, 6.07) is 15.7. The van der Waals surface area contributed by atoms with Crippen LogP contribution >= 0.6 is 0 Å². The molecule has 0 spiro atoms. The quantitative estimate of drug-likeness (QED) is 0.667. The van der Waals surface area contributed by atoms with Crippen molar-refractivity contribution in [3.8, 4) is 11.5 Å². The van der Waals surface area contributed by atoms with Gasteiger partial charge in [-0.15, -0.1) is 10.2 Å². The van der Waals surface area contributed by atoms with Gasteiger partial charge in [-0.25, -0.2) is 8.42 Å². The van der Waals surface area contributed by atoms with Crippen LogP contribution < -0.4 is 5.32 Å². The molecule has 1 N–H and O–H groups in total. The fraction of sp³-hybridized carbons (Fsp3) is 0.250. The van der Waals surface area contributed by atoms with Crippen molar-refractivity contribution in [3.05, 3.63) is 66.1 Å². The smallest absolute Gasteiger partial charge is 0.309 e. The average Bonchev–Trinajstić information content (AvgIpc) is 3.45. The van der Waals surface area contributed by atoms with Gasteiger partial charge in [0.15, 0.2) is 0 Å². The summed E-state index contributed by atoms with van der Waals surface area (Å²) in [5.74, 6) is -0.467. The molecule has 4 rings (SSSR count). The first-order chi connectivity index (χ1) is 14.0. The third kappa shape index (κ3) is 4.20. The summed E-state index contributed by atoms with van der Waals surface area (Å²) in [4.78, 5) is 12.4. The molecule has 9 heteroatoms. The topological polar surface area (TPSA) is 105 Å². The normalized spacial score (nSPS) is 14.8. The molecule has 0 radical (unpaired) electrons. The number of rotatable bonds is 6. The number of sulfonamides is 1. The highest BCUT2D eigenvalue weighted by Gasteiger charge is 2.27. The summed E-state index contributed by atoms with van der Waals surface area (Å²) in [6.45, 7) is 1.45. The maximum absolute atomic E-state index is 12.6. The van der Waals surface area contributed by atoms with E-state index in [1.807, 2.05) is 30.3 Å². The fourth-order valence-corrected chi connectivity index (χ4v) is 4.65. The minimum absolute atomic E-state index is 0.148. The van der Waals surface area contributed by atoms with Gasteiger partial charge in [-0.2, -0.15) is 4.31 Å². The van der Waals surface area contributed by atoms with Crippen molar-refractivity contribution in [2.75, 3.05) is 13.1 Å². The van der Waals surface area contributed by atoms with E-state index in [-0.39, 0.29) is 16.7 Å². The van der Waals surface area contributed by atoms with Gasteiger partial charge in [0.25, 0.3) is 0 Å². The molecule has 2 heterocycles. The lowest BCUT2D eigenvalue weighted by molar-refractivity contribution is 0.0917. The molecule has 3 aromatic rings.